The maximum absolute atomic E-state index is 5.50. The highest BCUT2D eigenvalue weighted by molar-refractivity contribution is 7.99. The molecule has 1 unspecified atom stereocenters. The van der Waals surface area contributed by atoms with Crippen molar-refractivity contribution in [2.45, 2.75) is 31.6 Å². The number of thioether (sulfide) groups is 1. The minimum atomic E-state index is 0.746. The first kappa shape index (κ1) is 12.8. The molecule has 0 fully saturated rings. The number of ether oxygens (including phenoxy) is 1. The molecular weight excluding hydrogens is 230 g/mol. The predicted octanol–water partition coefficient (Wildman–Crippen LogP) is 2.85. The van der Waals surface area contributed by atoms with Crippen LogP contribution in [0.25, 0.3) is 0 Å². The van der Waals surface area contributed by atoms with E-state index in [2.05, 4.69) is 36.7 Å². The molecule has 0 aliphatic carbocycles. The Bertz CT molecular complexity index is 367. The predicted molar refractivity (Wildman–Crippen MR) is 74.9 cm³/mol. The molecule has 1 aliphatic rings. The van der Waals surface area contributed by atoms with Gasteiger partial charge in [-0.3, -0.25) is 0 Å². The van der Waals surface area contributed by atoms with Gasteiger partial charge in [-0.25, -0.2) is 0 Å². The first-order chi connectivity index (χ1) is 8.29. The minimum Gasteiger partial charge on any atom is -0.493 e. The summed E-state index contributed by atoms with van der Waals surface area (Å²) in [5, 5.41) is 4.25. The summed E-state index contributed by atoms with van der Waals surface area (Å²) in [6.07, 6.45) is 4.47. The standard InChI is InChI=1S/C14H21NOS/c1-11(17-2)5-7-15-10-12-3-4-14-13(9-12)6-8-16-14/h3-4,9,11,15H,5-8,10H2,1-2H3. The van der Waals surface area contributed by atoms with Crippen LogP contribution in [0, 0.1) is 0 Å². The van der Waals surface area contributed by atoms with Gasteiger partial charge >= 0.3 is 0 Å². The third-order valence-corrected chi connectivity index (χ3v) is 4.25. The molecule has 1 atom stereocenters. The van der Waals surface area contributed by atoms with Crippen molar-refractivity contribution in [1.82, 2.24) is 5.32 Å². The van der Waals surface area contributed by atoms with Gasteiger partial charge < -0.3 is 10.1 Å². The Morgan fingerprint density at radius 1 is 1.47 bits per heavy atom. The molecule has 1 aromatic carbocycles. The van der Waals surface area contributed by atoms with Crippen LogP contribution in [0.3, 0.4) is 0 Å². The van der Waals surface area contributed by atoms with Gasteiger partial charge in [-0.05, 0) is 36.4 Å². The van der Waals surface area contributed by atoms with Crippen LogP contribution in [0.5, 0.6) is 5.75 Å². The summed E-state index contributed by atoms with van der Waals surface area (Å²) in [4.78, 5) is 0. The van der Waals surface area contributed by atoms with E-state index < -0.39 is 0 Å². The number of benzene rings is 1. The Hall–Kier alpha value is -0.670. The zero-order valence-corrected chi connectivity index (χ0v) is 11.5. The third-order valence-electron chi connectivity index (χ3n) is 3.21. The number of rotatable bonds is 6. The lowest BCUT2D eigenvalue weighted by atomic mass is 10.1. The van der Waals surface area contributed by atoms with Crippen LogP contribution < -0.4 is 10.1 Å². The van der Waals surface area contributed by atoms with Gasteiger partial charge in [-0.15, -0.1) is 0 Å². The fourth-order valence-electron chi connectivity index (χ4n) is 2.01. The fourth-order valence-corrected chi connectivity index (χ4v) is 2.36. The molecule has 0 radical (unpaired) electrons. The van der Waals surface area contributed by atoms with Gasteiger partial charge in [0.05, 0.1) is 6.61 Å². The van der Waals surface area contributed by atoms with E-state index in [1.165, 1.54) is 17.5 Å². The summed E-state index contributed by atoms with van der Waals surface area (Å²) in [6.45, 7) is 5.18. The quantitative estimate of drug-likeness (QED) is 0.786. The lowest BCUT2D eigenvalue weighted by Gasteiger charge is -2.09. The summed E-state index contributed by atoms with van der Waals surface area (Å²) in [7, 11) is 0. The van der Waals surface area contributed by atoms with E-state index in [9.17, 15) is 0 Å². The van der Waals surface area contributed by atoms with Crippen LogP contribution in [0.1, 0.15) is 24.5 Å². The first-order valence-corrected chi connectivity index (χ1v) is 7.56. The Morgan fingerprint density at radius 2 is 2.35 bits per heavy atom. The Morgan fingerprint density at radius 3 is 3.18 bits per heavy atom. The molecule has 1 heterocycles. The second-order valence-corrected chi connectivity index (χ2v) is 5.83. The molecule has 1 N–H and O–H groups in total. The molecule has 0 amide bonds. The van der Waals surface area contributed by atoms with Crippen LogP contribution in [-0.2, 0) is 13.0 Å². The van der Waals surface area contributed by atoms with Crippen molar-refractivity contribution in [3.8, 4) is 5.75 Å². The first-order valence-electron chi connectivity index (χ1n) is 6.27. The van der Waals surface area contributed by atoms with Crippen molar-refractivity contribution in [3.63, 3.8) is 0 Å². The van der Waals surface area contributed by atoms with Crippen molar-refractivity contribution in [2.75, 3.05) is 19.4 Å². The zero-order valence-electron chi connectivity index (χ0n) is 10.7. The van der Waals surface area contributed by atoms with Gasteiger partial charge in [0, 0.05) is 18.2 Å². The molecule has 0 aromatic heterocycles. The summed E-state index contributed by atoms with van der Waals surface area (Å²) in [5.74, 6) is 1.07. The van der Waals surface area contributed by atoms with Crippen LogP contribution in [0.15, 0.2) is 18.2 Å². The number of fused-ring (bicyclic) bond motifs is 1. The van der Waals surface area contributed by atoms with Gasteiger partial charge in [0.15, 0.2) is 0 Å². The topological polar surface area (TPSA) is 21.3 Å². The second kappa shape index (κ2) is 6.31. The highest BCUT2D eigenvalue weighted by Crippen LogP contribution is 2.25. The smallest absolute Gasteiger partial charge is 0.122 e. The summed E-state index contributed by atoms with van der Waals surface area (Å²) >= 11 is 1.93. The van der Waals surface area contributed by atoms with Crippen molar-refractivity contribution >= 4 is 11.8 Å². The van der Waals surface area contributed by atoms with E-state index in [1.807, 2.05) is 11.8 Å². The monoisotopic (exact) mass is 251 g/mol. The van der Waals surface area contributed by atoms with Gasteiger partial charge in [0.25, 0.3) is 0 Å². The van der Waals surface area contributed by atoms with Gasteiger partial charge in [-0.1, -0.05) is 19.1 Å². The van der Waals surface area contributed by atoms with E-state index in [0.29, 0.717) is 0 Å². The van der Waals surface area contributed by atoms with Crippen molar-refractivity contribution in [2.24, 2.45) is 0 Å². The summed E-state index contributed by atoms with van der Waals surface area (Å²) in [6, 6.07) is 6.53. The Balaban J connectivity index is 1.76. The van der Waals surface area contributed by atoms with Gasteiger partial charge in [-0.2, -0.15) is 11.8 Å². The van der Waals surface area contributed by atoms with Crippen molar-refractivity contribution in [1.29, 1.82) is 0 Å². The van der Waals surface area contributed by atoms with Crippen LogP contribution in [0.2, 0.25) is 0 Å². The maximum Gasteiger partial charge on any atom is 0.122 e. The van der Waals surface area contributed by atoms with E-state index in [-0.39, 0.29) is 0 Å². The van der Waals surface area contributed by atoms with Crippen molar-refractivity contribution in [3.05, 3.63) is 29.3 Å². The van der Waals surface area contributed by atoms with Crippen LogP contribution in [0.4, 0.5) is 0 Å². The van der Waals surface area contributed by atoms with Gasteiger partial charge in [0.2, 0.25) is 0 Å². The molecule has 2 nitrogen and oxygen atoms in total. The lowest BCUT2D eigenvalue weighted by molar-refractivity contribution is 0.357. The molecular formula is C14H21NOS. The average molecular weight is 251 g/mol. The van der Waals surface area contributed by atoms with Crippen molar-refractivity contribution < 1.29 is 4.74 Å². The van der Waals surface area contributed by atoms with E-state index >= 15 is 0 Å². The second-order valence-electron chi connectivity index (χ2n) is 4.55. The van der Waals surface area contributed by atoms with Crippen LogP contribution >= 0.6 is 11.8 Å². The number of nitrogens with one attached hydrogen (secondary N) is 1. The third kappa shape index (κ3) is 3.65. The lowest BCUT2D eigenvalue weighted by Crippen LogP contribution is -2.17. The summed E-state index contributed by atoms with van der Waals surface area (Å²) < 4.78 is 5.50. The largest absolute Gasteiger partial charge is 0.493 e. The molecule has 2 rings (SSSR count). The molecule has 0 bridgehead atoms. The zero-order chi connectivity index (χ0) is 12.1. The highest BCUT2D eigenvalue weighted by Gasteiger charge is 2.11. The molecule has 0 spiro atoms. The molecule has 0 saturated carbocycles. The molecule has 0 saturated heterocycles. The van der Waals surface area contributed by atoms with E-state index in [4.69, 9.17) is 4.74 Å². The highest BCUT2D eigenvalue weighted by atomic mass is 32.2. The van der Waals surface area contributed by atoms with Crippen LogP contribution in [-0.4, -0.2) is 24.7 Å². The Labute approximate surface area is 108 Å². The molecule has 94 valence electrons. The number of hydrogen-bond acceptors (Lipinski definition) is 3. The molecule has 1 aromatic rings. The normalized spacial score (nSPS) is 15.4. The SMILES string of the molecule is CSC(C)CCNCc1ccc2c(c1)CCO2. The van der Waals surface area contributed by atoms with E-state index in [1.54, 1.807) is 0 Å². The maximum atomic E-state index is 5.50. The Kier molecular flexibility index (Phi) is 4.75. The van der Waals surface area contributed by atoms with Gasteiger partial charge in [0.1, 0.15) is 5.75 Å². The minimum absolute atomic E-state index is 0.746. The molecule has 1 aliphatic heterocycles. The number of hydrogen-bond donors (Lipinski definition) is 1. The average Bonchev–Trinajstić information content (AvgIpc) is 2.81. The summed E-state index contributed by atoms with van der Waals surface area (Å²) in [5.41, 5.74) is 2.73. The van der Waals surface area contributed by atoms with E-state index in [0.717, 1.165) is 37.1 Å². The molecule has 3 heteroatoms. The molecule has 17 heavy (non-hydrogen) atoms. The fraction of sp³-hybridized carbons (Fsp3) is 0.571.